The molecule has 2 aromatic rings. The van der Waals surface area contributed by atoms with Crippen molar-refractivity contribution in [1.82, 2.24) is 9.97 Å². The maximum absolute atomic E-state index is 10.9. The third-order valence-corrected chi connectivity index (χ3v) is 2.53. The molecule has 0 saturated heterocycles. The smallest absolute Gasteiger partial charge is 0.335 e. The predicted octanol–water partition coefficient (Wildman–Crippen LogP) is 2.54. The molecule has 1 heterocycles. The first-order chi connectivity index (χ1) is 8.56. The molecule has 2 N–H and O–H groups in total. The van der Waals surface area contributed by atoms with Crippen molar-refractivity contribution in [3.8, 4) is 0 Å². The number of anilines is 2. The number of rotatable bonds is 3. The first-order valence-electron chi connectivity index (χ1n) is 5.47. The van der Waals surface area contributed by atoms with Gasteiger partial charge in [0.05, 0.1) is 5.56 Å². The van der Waals surface area contributed by atoms with Crippen molar-refractivity contribution in [3.63, 3.8) is 0 Å². The van der Waals surface area contributed by atoms with Crippen LogP contribution in [0.1, 0.15) is 21.6 Å². The molecular formula is C13H13N3O2. The Morgan fingerprint density at radius 3 is 2.72 bits per heavy atom. The Bertz CT molecular complexity index is 597. The standard InChI is InChI=1S/C13H13N3O2/c1-8-3-4-10(12(17)18)7-11(8)16-13-14-6-5-9(2)15-13/h3-7H,1-2H3,(H,17,18)(H,14,15,16). The van der Waals surface area contributed by atoms with Gasteiger partial charge in [-0.15, -0.1) is 0 Å². The van der Waals surface area contributed by atoms with Crippen LogP contribution in [-0.4, -0.2) is 21.0 Å². The lowest BCUT2D eigenvalue weighted by Gasteiger charge is -2.09. The number of nitrogens with zero attached hydrogens (tertiary/aromatic N) is 2. The van der Waals surface area contributed by atoms with Crippen LogP contribution in [0.5, 0.6) is 0 Å². The maximum Gasteiger partial charge on any atom is 0.335 e. The minimum Gasteiger partial charge on any atom is -0.478 e. The lowest BCUT2D eigenvalue weighted by Crippen LogP contribution is -2.02. The van der Waals surface area contributed by atoms with Gasteiger partial charge in [0.25, 0.3) is 0 Å². The summed E-state index contributed by atoms with van der Waals surface area (Å²) in [4.78, 5) is 19.2. The van der Waals surface area contributed by atoms with Gasteiger partial charge in [-0.3, -0.25) is 0 Å². The Hall–Kier alpha value is -2.43. The minimum absolute atomic E-state index is 0.232. The third kappa shape index (κ3) is 2.63. The summed E-state index contributed by atoms with van der Waals surface area (Å²) in [6, 6.07) is 6.69. The first-order valence-corrected chi connectivity index (χ1v) is 5.47. The molecule has 0 aliphatic heterocycles. The largest absolute Gasteiger partial charge is 0.478 e. The molecule has 0 radical (unpaired) electrons. The fourth-order valence-corrected chi connectivity index (χ4v) is 1.52. The molecule has 1 aromatic heterocycles. The Morgan fingerprint density at radius 2 is 2.06 bits per heavy atom. The number of benzene rings is 1. The van der Waals surface area contributed by atoms with E-state index in [1.165, 1.54) is 0 Å². The average molecular weight is 243 g/mol. The fraction of sp³-hybridized carbons (Fsp3) is 0.154. The van der Waals surface area contributed by atoms with Crippen LogP contribution in [0.4, 0.5) is 11.6 Å². The van der Waals surface area contributed by atoms with E-state index >= 15 is 0 Å². The van der Waals surface area contributed by atoms with Gasteiger partial charge >= 0.3 is 5.97 Å². The molecule has 92 valence electrons. The molecule has 0 amide bonds. The molecule has 5 nitrogen and oxygen atoms in total. The predicted molar refractivity (Wildman–Crippen MR) is 68.2 cm³/mol. The van der Waals surface area contributed by atoms with Crippen LogP contribution < -0.4 is 5.32 Å². The van der Waals surface area contributed by atoms with E-state index in [0.717, 1.165) is 11.3 Å². The normalized spacial score (nSPS) is 10.1. The van der Waals surface area contributed by atoms with E-state index in [9.17, 15) is 4.79 Å². The molecule has 0 aliphatic rings. The van der Waals surface area contributed by atoms with Crippen molar-refractivity contribution < 1.29 is 9.90 Å². The Morgan fingerprint density at radius 1 is 1.28 bits per heavy atom. The van der Waals surface area contributed by atoms with Crippen molar-refractivity contribution in [2.45, 2.75) is 13.8 Å². The number of hydrogen-bond donors (Lipinski definition) is 2. The Kier molecular flexibility index (Phi) is 3.23. The van der Waals surface area contributed by atoms with E-state index in [1.54, 1.807) is 30.5 Å². The summed E-state index contributed by atoms with van der Waals surface area (Å²) in [6.45, 7) is 3.76. The van der Waals surface area contributed by atoms with Gasteiger partial charge in [0.1, 0.15) is 0 Å². The van der Waals surface area contributed by atoms with Crippen molar-refractivity contribution in [3.05, 3.63) is 47.3 Å². The number of aryl methyl sites for hydroxylation is 2. The zero-order valence-electron chi connectivity index (χ0n) is 10.1. The SMILES string of the molecule is Cc1ccnc(Nc2cc(C(=O)O)ccc2C)n1. The van der Waals surface area contributed by atoms with Gasteiger partial charge < -0.3 is 10.4 Å². The van der Waals surface area contributed by atoms with E-state index in [-0.39, 0.29) is 5.56 Å². The highest BCUT2D eigenvalue weighted by molar-refractivity contribution is 5.89. The van der Waals surface area contributed by atoms with Gasteiger partial charge in [-0.05, 0) is 37.6 Å². The second-order valence-corrected chi connectivity index (χ2v) is 3.98. The Balaban J connectivity index is 2.33. The minimum atomic E-state index is -0.955. The van der Waals surface area contributed by atoms with Crippen LogP contribution in [-0.2, 0) is 0 Å². The van der Waals surface area contributed by atoms with Crippen LogP contribution >= 0.6 is 0 Å². The average Bonchev–Trinajstić information content (AvgIpc) is 2.31. The van der Waals surface area contributed by atoms with E-state index in [0.29, 0.717) is 11.6 Å². The van der Waals surface area contributed by atoms with Crippen LogP contribution in [0.25, 0.3) is 0 Å². The second-order valence-electron chi connectivity index (χ2n) is 3.98. The van der Waals surface area contributed by atoms with E-state index in [2.05, 4.69) is 15.3 Å². The highest BCUT2D eigenvalue weighted by atomic mass is 16.4. The van der Waals surface area contributed by atoms with E-state index < -0.39 is 5.97 Å². The van der Waals surface area contributed by atoms with E-state index in [4.69, 9.17) is 5.11 Å². The highest BCUT2D eigenvalue weighted by Crippen LogP contribution is 2.20. The maximum atomic E-state index is 10.9. The number of aromatic carboxylic acids is 1. The lowest BCUT2D eigenvalue weighted by atomic mass is 10.1. The number of nitrogens with one attached hydrogen (secondary N) is 1. The van der Waals surface area contributed by atoms with Crippen molar-refractivity contribution >= 4 is 17.6 Å². The molecule has 0 unspecified atom stereocenters. The van der Waals surface area contributed by atoms with Gasteiger partial charge in [-0.25, -0.2) is 14.8 Å². The quantitative estimate of drug-likeness (QED) is 0.866. The van der Waals surface area contributed by atoms with Crippen LogP contribution in [0.3, 0.4) is 0 Å². The van der Waals surface area contributed by atoms with Crippen LogP contribution in [0.15, 0.2) is 30.5 Å². The number of carboxylic acid groups (broad SMARTS) is 1. The molecule has 18 heavy (non-hydrogen) atoms. The molecule has 0 fully saturated rings. The number of hydrogen-bond acceptors (Lipinski definition) is 4. The number of aromatic nitrogens is 2. The molecule has 0 saturated carbocycles. The molecule has 1 aromatic carbocycles. The molecule has 0 bridgehead atoms. The van der Waals surface area contributed by atoms with Gasteiger partial charge in [-0.2, -0.15) is 0 Å². The fourth-order valence-electron chi connectivity index (χ4n) is 1.52. The first kappa shape index (κ1) is 12.0. The van der Waals surface area contributed by atoms with Gasteiger partial charge in [0.2, 0.25) is 5.95 Å². The molecule has 2 rings (SSSR count). The summed E-state index contributed by atoms with van der Waals surface area (Å²) in [7, 11) is 0. The van der Waals surface area contributed by atoms with Crippen LogP contribution in [0.2, 0.25) is 0 Å². The van der Waals surface area contributed by atoms with Gasteiger partial charge in [0, 0.05) is 17.6 Å². The highest BCUT2D eigenvalue weighted by Gasteiger charge is 2.07. The summed E-state index contributed by atoms with van der Waals surface area (Å²) < 4.78 is 0. The van der Waals surface area contributed by atoms with Crippen LogP contribution in [0, 0.1) is 13.8 Å². The van der Waals surface area contributed by atoms with Crippen molar-refractivity contribution in [2.24, 2.45) is 0 Å². The Labute approximate surface area is 105 Å². The summed E-state index contributed by atoms with van der Waals surface area (Å²) in [5.41, 5.74) is 2.71. The van der Waals surface area contributed by atoms with Crippen molar-refractivity contribution in [2.75, 3.05) is 5.32 Å². The van der Waals surface area contributed by atoms with Gasteiger partial charge in [-0.1, -0.05) is 6.07 Å². The molecule has 5 heteroatoms. The van der Waals surface area contributed by atoms with Crippen molar-refractivity contribution in [1.29, 1.82) is 0 Å². The summed E-state index contributed by atoms with van der Waals surface area (Å²) in [6.07, 6.45) is 1.65. The zero-order chi connectivity index (χ0) is 13.1. The second kappa shape index (κ2) is 4.83. The van der Waals surface area contributed by atoms with Gasteiger partial charge in [0.15, 0.2) is 0 Å². The summed E-state index contributed by atoms with van der Waals surface area (Å²) in [5, 5.41) is 12.0. The zero-order valence-corrected chi connectivity index (χ0v) is 10.1. The molecule has 0 atom stereocenters. The third-order valence-electron chi connectivity index (χ3n) is 2.53. The molecule has 0 spiro atoms. The topological polar surface area (TPSA) is 75.1 Å². The van der Waals surface area contributed by atoms with E-state index in [1.807, 2.05) is 13.8 Å². The monoisotopic (exact) mass is 243 g/mol. The number of carboxylic acids is 1. The number of carbonyl (C=O) groups is 1. The summed E-state index contributed by atoms with van der Waals surface area (Å²) >= 11 is 0. The molecule has 0 aliphatic carbocycles. The summed E-state index contributed by atoms with van der Waals surface area (Å²) in [5.74, 6) is -0.496. The molecular weight excluding hydrogens is 230 g/mol. The lowest BCUT2D eigenvalue weighted by molar-refractivity contribution is 0.0697.